The molecule has 0 bridgehead atoms. The quantitative estimate of drug-likeness (QED) is 0.671. The Morgan fingerprint density at radius 1 is 1.13 bits per heavy atom. The first-order valence-electron chi connectivity index (χ1n) is 8.37. The third-order valence-electron chi connectivity index (χ3n) is 4.30. The van der Waals surface area contributed by atoms with E-state index in [1.165, 1.54) is 22.3 Å². The van der Waals surface area contributed by atoms with Crippen LogP contribution in [-0.4, -0.2) is 0 Å². The smallest absolute Gasteiger partial charge is 0.0206 e. The highest BCUT2D eigenvalue weighted by Gasteiger charge is 2.11. The number of allylic oxidation sites excluding steroid dienone is 1. The number of rotatable bonds is 8. The minimum atomic E-state index is 0.273. The molecule has 0 amide bonds. The van der Waals surface area contributed by atoms with Crippen molar-refractivity contribution in [2.24, 2.45) is 0 Å². The Labute approximate surface area is 140 Å². The van der Waals surface area contributed by atoms with Crippen molar-refractivity contribution in [2.45, 2.75) is 39.0 Å². The van der Waals surface area contributed by atoms with Crippen molar-refractivity contribution in [3.8, 4) is 0 Å². The Bertz CT molecular complexity index is 655. The molecule has 23 heavy (non-hydrogen) atoms. The largest absolute Gasteiger partial charge is 0.366 e. The van der Waals surface area contributed by atoms with Gasteiger partial charge in [0.15, 0.2) is 0 Å². The van der Waals surface area contributed by atoms with Gasteiger partial charge in [0.2, 0.25) is 0 Å². The molecular weight excluding hydrogens is 278 g/mol. The van der Waals surface area contributed by atoms with Gasteiger partial charge < -0.3 is 5.32 Å². The Kier molecular flexibility index (Phi) is 6.22. The molecule has 0 saturated carbocycles. The van der Waals surface area contributed by atoms with E-state index in [-0.39, 0.29) is 5.92 Å². The molecule has 1 heteroatoms. The van der Waals surface area contributed by atoms with Crippen LogP contribution in [0, 0.1) is 0 Å². The predicted molar refractivity (Wildman–Crippen MR) is 101 cm³/mol. The van der Waals surface area contributed by atoms with E-state index in [0.29, 0.717) is 0 Å². The second kappa shape index (κ2) is 8.38. The molecule has 0 aliphatic heterocycles. The number of nitrogens with one attached hydrogen (secondary N) is 1. The molecule has 2 rings (SSSR count). The molecule has 1 N–H and O–H groups in total. The van der Waals surface area contributed by atoms with Crippen LogP contribution in [-0.2, 0) is 12.8 Å². The van der Waals surface area contributed by atoms with Gasteiger partial charge in [-0.05, 0) is 41.3 Å². The Morgan fingerprint density at radius 2 is 1.87 bits per heavy atom. The summed E-state index contributed by atoms with van der Waals surface area (Å²) in [6.07, 6.45) is 4.96. The van der Waals surface area contributed by atoms with E-state index in [2.05, 4.69) is 80.9 Å². The summed E-state index contributed by atoms with van der Waals surface area (Å²) in [5, 5.41) is 3.12. The second-order valence-corrected chi connectivity index (χ2v) is 6.04. The molecule has 0 heterocycles. The van der Waals surface area contributed by atoms with Crippen molar-refractivity contribution < 1.29 is 0 Å². The number of benzene rings is 2. The van der Waals surface area contributed by atoms with Gasteiger partial charge in [0.05, 0.1) is 0 Å². The molecule has 0 spiro atoms. The average Bonchev–Trinajstić information content (AvgIpc) is 2.57. The van der Waals surface area contributed by atoms with E-state index < -0.39 is 0 Å². The molecular formula is C22H27N. The van der Waals surface area contributed by atoms with Crippen LogP contribution in [0.5, 0.6) is 0 Å². The summed E-state index contributed by atoms with van der Waals surface area (Å²) >= 11 is 0. The SMILES string of the molecule is C=CNC(=C)C(C)c1ccc(Cc2ccccc2)c(CCC)c1. The van der Waals surface area contributed by atoms with E-state index in [9.17, 15) is 0 Å². The van der Waals surface area contributed by atoms with Gasteiger partial charge in [-0.25, -0.2) is 0 Å². The highest BCUT2D eigenvalue weighted by Crippen LogP contribution is 2.25. The zero-order chi connectivity index (χ0) is 16.7. The molecule has 0 saturated heterocycles. The van der Waals surface area contributed by atoms with E-state index in [0.717, 1.165) is 25.0 Å². The van der Waals surface area contributed by atoms with Crippen molar-refractivity contribution in [3.05, 3.63) is 95.8 Å². The standard InChI is InChI=1S/C22H27N/c1-5-10-21-16-20(17(3)18(4)23-6-2)13-14-22(21)15-19-11-8-7-9-12-19/h6-9,11-14,16-17,23H,2,4-5,10,15H2,1,3H3. The van der Waals surface area contributed by atoms with Gasteiger partial charge >= 0.3 is 0 Å². The first-order chi connectivity index (χ1) is 11.2. The van der Waals surface area contributed by atoms with Gasteiger partial charge in [-0.3, -0.25) is 0 Å². The minimum absolute atomic E-state index is 0.273. The molecule has 2 aromatic rings. The predicted octanol–water partition coefficient (Wildman–Crippen LogP) is 5.58. The molecule has 2 aromatic carbocycles. The molecule has 0 radical (unpaired) electrons. The highest BCUT2D eigenvalue weighted by atomic mass is 14.8. The van der Waals surface area contributed by atoms with Gasteiger partial charge in [-0.1, -0.05) is 82.0 Å². The van der Waals surface area contributed by atoms with Crippen molar-refractivity contribution in [3.63, 3.8) is 0 Å². The Morgan fingerprint density at radius 3 is 2.52 bits per heavy atom. The summed E-state index contributed by atoms with van der Waals surface area (Å²) in [5.41, 5.74) is 6.54. The van der Waals surface area contributed by atoms with E-state index >= 15 is 0 Å². The third-order valence-corrected chi connectivity index (χ3v) is 4.30. The zero-order valence-corrected chi connectivity index (χ0v) is 14.3. The van der Waals surface area contributed by atoms with Crippen molar-refractivity contribution in [2.75, 3.05) is 0 Å². The lowest BCUT2D eigenvalue weighted by Crippen LogP contribution is -2.11. The first kappa shape index (κ1) is 17.1. The number of hydrogen-bond acceptors (Lipinski definition) is 1. The molecule has 1 atom stereocenters. The topological polar surface area (TPSA) is 12.0 Å². The summed E-state index contributed by atoms with van der Waals surface area (Å²) in [6.45, 7) is 12.2. The maximum atomic E-state index is 4.10. The summed E-state index contributed by atoms with van der Waals surface area (Å²) in [6, 6.07) is 17.5. The van der Waals surface area contributed by atoms with Gasteiger partial charge in [0, 0.05) is 11.6 Å². The Balaban J connectivity index is 2.27. The molecule has 1 unspecified atom stereocenters. The number of aryl methyl sites for hydroxylation is 1. The van der Waals surface area contributed by atoms with Crippen LogP contribution in [0.25, 0.3) is 0 Å². The fourth-order valence-electron chi connectivity index (χ4n) is 2.86. The maximum absolute atomic E-state index is 4.10. The minimum Gasteiger partial charge on any atom is -0.366 e. The van der Waals surface area contributed by atoms with Crippen LogP contribution in [0.4, 0.5) is 0 Å². The molecule has 0 fully saturated rings. The summed E-state index contributed by atoms with van der Waals surface area (Å²) in [4.78, 5) is 0. The lowest BCUT2D eigenvalue weighted by molar-refractivity contribution is 0.814. The van der Waals surface area contributed by atoms with Crippen LogP contribution in [0.3, 0.4) is 0 Å². The van der Waals surface area contributed by atoms with E-state index in [1.54, 1.807) is 6.20 Å². The molecule has 120 valence electrons. The Hall–Kier alpha value is -2.28. The van der Waals surface area contributed by atoms with Crippen LogP contribution >= 0.6 is 0 Å². The molecule has 1 nitrogen and oxygen atoms in total. The van der Waals surface area contributed by atoms with Gasteiger partial charge in [-0.2, -0.15) is 0 Å². The van der Waals surface area contributed by atoms with Gasteiger partial charge in [0.1, 0.15) is 0 Å². The summed E-state index contributed by atoms with van der Waals surface area (Å²) < 4.78 is 0. The number of hydrogen-bond donors (Lipinski definition) is 1. The van der Waals surface area contributed by atoms with Gasteiger partial charge in [-0.15, -0.1) is 0 Å². The first-order valence-corrected chi connectivity index (χ1v) is 8.37. The lowest BCUT2D eigenvalue weighted by Gasteiger charge is -2.18. The monoisotopic (exact) mass is 305 g/mol. The fraction of sp³-hybridized carbons (Fsp3) is 0.273. The molecule has 0 aromatic heterocycles. The zero-order valence-electron chi connectivity index (χ0n) is 14.3. The second-order valence-electron chi connectivity index (χ2n) is 6.04. The van der Waals surface area contributed by atoms with Crippen molar-refractivity contribution >= 4 is 0 Å². The van der Waals surface area contributed by atoms with E-state index in [4.69, 9.17) is 0 Å². The van der Waals surface area contributed by atoms with Crippen molar-refractivity contribution in [1.82, 2.24) is 5.32 Å². The van der Waals surface area contributed by atoms with Crippen LogP contribution in [0.2, 0.25) is 0 Å². The summed E-state index contributed by atoms with van der Waals surface area (Å²) in [5.74, 6) is 0.273. The molecule has 0 aliphatic rings. The van der Waals surface area contributed by atoms with Crippen LogP contribution in [0.1, 0.15) is 48.4 Å². The normalized spacial score (nSPS) is 11.7. The third kappa shape index (κ3) is 4.59. The van der Waals surface area contributed by atoms with Gasteiger partial charge in [0.25, 0.3) is 0 Å². The van der Waals surface area contributed by atoms with Crippen molar-refractivity contribution in [1.29, 1.82) is 0 Å². The molecule has 0 aliphatic carbocycles. The maximum Gasteiger partial charge on any atom is 0.0206 e. The van der Waals surface area contributed by atoms with E-state index in [1.807, 2.05) is 0 Å². The fourth-order valence-corrected chi connectivity index (χ4v) is 2.86. The average molecular weight is 305 g/mol. The van der Waals surface area contributed by atoms with Crippen LogP contribution < -0.4 is 5.32 Å². The highest BCUT2D eigenvalue weighted by molar-refractivity contribution is 5.39. The lowest BCUT2D eigenvalue weighted by atomic mass is 9.90. The summed E-state index contributed by atoms with van der Waals surface area (Å²) in [7, 11) is 0. The van der Waals surface area contributed by atoms with Crippen LogP contribution in [0.15, 0.2) is 73.6 Å².